The van der Waals surface area contributed by atoms with Crippen molar-refractivity contribution in [1.82, 2.24) is 0 Å². The Bertz CT molecular complexity index is 790. The highest BCUT2D eigenvalue weighted by Gasteiger charge is 2.11. The van der Waals surface area contributed by atoms with E-state index in [9.17, 15) is 9.59 Å². The molecule has 0 N–H and O–H groups in total. The third-order valence-electron chi connectivity index (χ3n) is 3.45. The van der Waals surface area contributed by atoms with Gasteiger partial charge in [0, 0.05) is 0 Å². The van der Waals surface area contributed by atoms with E-state index in [-0.39, 0.29) is 6.61 Å². The van der Waals surface area contributed by atoms with Gasteiger partial charge in [0.1, 0.15) is 12.4 Å². The SMILES string of the molecule is C=C/C=C\C(=C/C)COC(=O)c1ccc(OC(=O)C(/C=C\C=C)=C/C)cc1. The van der Waals surface area contributed by atoms with Crippen molar-refractivity contribution in [2.45, 2.75) is 13.8 Å². The highest BCUT2D eigenvalue weighted by atomic mass is 16.5. The number of ether oxygens (including phenoxy) is 2. The van der Waals surface area contributed by atoms with Crippen molar-refractivity contribution in [2.24, 2.45) is 0 Å². The van der Waals surface area contributed by atoms with E-state index < -0.39 is 11.9 Å². The maximum absolute atomic E-state index is 12.1. The minimum atomic E-state index is -0.488. The number of allylic oxidation sites excluding steroid dienone is 6. The standard InChI is InChI=1S/C23H24O4/c1-5-9-11-18(7-3)17-26-22(24)20-13-15-21(16-14-20)27-23(25)19(8-4)12-10-6-2/h5-16H,1-2,17H2,3-4H3/b11-9-,12-10-,18-7+,19-8+. The summed E-state index contributed by atoms with van der Waals surface area (Å²) in [6.45, 7) is 10.9. The molecule has 0 aliphatic carbocycles. The van der Waals surface area contributed by atoms with Gasteiger partial charge in [-0.3, -0.25) is 0 Å². The Labute approximate surface area is 160 Å². The topological polar surface area (TPSA) is 52.6 Å². The molecule has 0 unspecified atom stereocenters. The van der Waals surface area contributed by atoms with Crippen molar-refractivity contribution >= 4 is 11.9 Å². The van der Waals surface area contributed by atoms with E-state index >= 15 is 0 Å². The largest absolute Gasteiger partial charge is 0.457 e. The van der Waals surface area contributed by atoms with E-state index in [4.69, 9.17) is 9.47 Å². The van der Waals surface area contributed by atoms with E-state index in [1.165, 1.54) is 0 Å². The minimum Gasteiger partial charge on any atom is -0.457 e. The fourth-order valence-corrected chi connectivity index (χ4v) is 1.93. The van der Waals surface area contributed by atoms with E-state index in [1.54, 1.807) is 67.6 Å². The Morgan fingerprint density at radius 1 is 0.963 bits per heavy atom. The number of rotatable bonds is 9. The van der Waals surface area contributed by atoms with Crippen LogP contribution in [0.4, 0.5) is 0 Å². The van der Waals surface area contributed by atoms with Gasteiger partial charge in [-0.25, -0.2) is 9.59 Å². The van der Waals surface area contributed by atoms with Crippen LogP contribution in [-0.2, 0) is 9.53 Å². The zero-order valence-electron chi connectivity index (χ0n) is 15.7. The molecule has 0 saturated carbocycles. The second-order valence-corrected chi connectivity index (χ2v) is 5.29. The highest BCUT2D eigenvalue weighted by Crippen LogP contribution is 2.15. The molecular weight excluding hydrogens is 340 g/mol. The summed E-state index contributed by atoms with van der Waals surface area (Å²) >= 11 is 0. The number of benzene rings is 1. The maximum atomic E-state index is 12.1. The zero-order chi connectivity index (χ0) is 20.1. The summed E-state index contributed by atoms with van der Waals surface area (Å²) in [6, 6.07) is 6.20. The fourth-order valence-electron chi connectivity index (χ4n) is 1.93. The lowest BCUT2D eigenvalue weighted by atomic mass is 10.2. The number of hydrogen-bond acceptors (Lipinski definition) is 4. The van der Waals surface area contributed by atoms with Crippen LogP contribution in [-0.4, -0.2) is 18.5 Å². The molecule has 0 radical (unpaired) electrons. The Morgan fingerprint density at radius 2 is 1.59 bits per heavy atom. The molecule has 140 valence electrons. The second-order valence-electron chi connectivity index (χ2n) is 5.29. The number of hydrogen-bond donors (Lipinski definition) is 0. The summed E-state index contributed by atoms with van der Waals surface area (Å²) in [5.41, 5.74) is 1.64. The third-order valence-corrected chi connectivity index (χ3v) is 3.45. The van der Waals surface area contributed by atoms with Crippen LogP contribution in [0.3, 0.4) is 0 Å². The van der Waals surface area contributed by atoms with Crippen LogP contribution in [0.5, 0.6) is 5.75 Å². The second kappa shape index (κ2) is 12.0. The van der Waals surface area contributed by atoms with Gasteiger partial charge in [0.15, 0.2) is 0 Å². The molecule has 4 heteroatoms. The first kappa shape index (κ1) is 21.6. The van der Waals surface area contributed by atoms with E-state index in [0.29, 0.717) is 16.9 Å². The van der Waals surface area contributed by atoms with Gasteiger partial charge in [0.25, 0.3) is 0 Å². The summed E-state index contributed by atoms with van der Waals surface area (Å²) < 4.78 is 10.6. The lowest BCUT2D eigenvalue weighted by molar-refractivity contribution is -0.129. The monoisotopic (exact) mass is 364 g/mol. The average Bonchev–Trinajstić information content (AvgIpc) is 2.69. The molecular formula is C23H24O4. The van der Waals surface area contributed by atoms with Crippen molar-refractivity contribution < 1.29 is 19.1 Å². The molecule has 0 atom stereocenters. The molecule has 0 aliphatic rings. The molecule has 4 nitrogen and oxygen atoms in total. The van der Waals surface area contributed by atoms with Gasteiger partial charge in [0.05, 0.1) is 11.1 Å². The van der Waals surface area contributed by atoms with Crippen LogP contribution in [0, 0.1) is 0 Å². The van der Waals surface area contributed by atoms with E-state index in [0.717, 1.165) is 5.57 Å². The lowest BCUT2D eigenvalue weighted by Gasteiger charge is -2.07. The third kappa shape index (κ3) is 7.57. The molecule has 27 heavy (non-hydrogen) atoms. The maximum Gasteiger partial charge on any atom is 0.343 e. The van der Waals surface area contributed by atoms with Gasteiger partial charge in [-0.05, 0) is 49.8 Å². The van der Waals surface area contributed by atoms with Crippen LogP contribution in [0.2, 0.25) is 0 Å². The molecule has 0 amide bonds. The predicted octanol–water partition coefficient (Wildman–Crippen LogP) is 5.13. The molecule has 1 aromatic carbocycles. The molecule has 0 saturated heterocycles. The molecule has 0 aliphatic heterocycles. The molecule has 0 spiro atoms. The van der Waals surface area contributed by atoms with Gasteiger partial charge >= 0.3 is 11.9 Å². The van der Waals surface area contributed by atoms with Gasteiger partial charge in [-0.15, -0.1) is 0 Å². The van der Waals surface area contributed by atoms with Crippen LogP contribution in [0.15, 0.2) is 97.2 Å². The molecule has 1 aromatic rings. The molecule has 1 rings (SSSR count). The number of carbonyl (C=O) groups is 2. The van der Waals surface area contributed by atoms with Crippen molar-refractivity contribution in [3.8, 4) is 5.75 Å². The van der Waals surface area contributed by atoms with Crippen LogP contribution >= 0.6 is 0 Å². The Balaban J connectivity index is 2.70. The van der Waals surface area contributed by atoms with Crippen molar-refractivity contribution in [1.29, 1.82) is 0 Å². The Hall–Kier alpha value is -3.40. The number of esters is 2. The summed E-state index contributed by atoms with van der Waals surface area (Å²) in [5, 5.41) is 0. The predicted molar refractivity (Wildman–Crippen MR) is 109 cm³/mol. The van der Waals surface area contributed by atoms with Gasteiger partial charge in [-0.1, -0.05) is 55.7 Å². The van der Waals surface area contributed by atoms with E-state index in [2.05, 4.69) is 13.2 Å². The first-order valence-corrected chi connectivity index (χ1v) is 8.44. The smallest absolute Gasteiger partial charge is 0.343 e. The normalized spacial score (nSPS) is 12.2. The highest BCUT2D eigenvalue weighted by molar-refractivity contribution is 5.93. The summed E-state index contributed by atoms with van der Waals surface area (Å²) in [5.74, 6) is -0.606. The summed E-state index contributed by atoms with van der Waals surface area (Å²) in [4.78, 5) is 24.2. The molecule has 0 bridgehead atoms. The number of carbonyl (C=O) groups excluding carboxylic acids is 2. The van der Waals surface area contributed by atoms with E-state index in [1.807, 2.05) is 19.1 Å². The van der Waals surface area contributed by atoms with Crippen LogP contribution in [0.25, 0.3) is 0 Å². The quantitative estimate of drug-likeness (QED) is 0.264. The van der Waals surface area contributed by atoms with Gasteiger partial charge in [-0.2, -0.15) is 0 Å². The Kier molecular flexibility index (Phi) is 9.65. The molecule has 0 heterocycles. The lowest BCUT2D eigenvalue weighted by Crippen LogP contribution is -2.10. The zero-order valence-corrected chi connectivity index (χ0v) is 15.7. The Morgan fingerprint density at radius 3 is 2.15 bits per heavy atom. The molecule has 0 aromatic heterocycles. The first-order valence-electron chi connectivity index (χ1n) is 8.44. The van der Waals surface area contributed by atoms with Gasteiger partial charge in [0.2, 0.25) is 0 Å². The van der Waals surface area contributed by atoms with Gasteiger partial charge < -0.3 is 9.47 Å². The minimum absolute atomic E-state index is 0.163. The summed E-state index contributed by atoms with van der Waals surface area (Å²) in [7, 11) is 0. The summed E-state index contributed by atoms with van der Waals surface area (Å²) in [6.07, 6.45) is 13.6. The molecule has 0 fully saturated rings. The van der Waals surface area contributed by atoms with Crippen molar-refractivity contribution in [3.63, 3.8) is 0 Å². The van der Waals surface area contributed by atoms with Crippen molar-refractivity contribution in [3.05, 3.63) is 103 Å². The van der Waals surface area contributed by atoms with Crippen LogP contribution in [0.1, 0.15) is 24.2 Å². The first-order chi connectivity index (χ1) is 13.0. The van der Waals surface area contributed by atoms with Crippen LogP contribution < -0.4 is 4.74 Å². The average molecular weight is 364 g/mol. The van der Waals surface area contributed by atoms with Crippen molar-refractivity contribution in [2.75, 3.05) is 6.61 Å². The fraction of sp³-hybridized carbons (Fsp3) is 0.130.